The van der Waals surface area contributed by atoms with E-state index in [0.29, 0.717) is 6.54 Å². The summed E-state index contributed by atoms with van der Waals surface area (Å²) in [7, 11) is 0. The fraction of sp³-hybridized carbons (Fsp3) is 0.333. The molecule has 0 bridgehead atoms. The summed E-state index contributed by atoms with van der Waals surface area (Å²) >= 11 is 5.55. The summed E-state index contributed by atoms with van der Waals surface area (Å²) in [6, 6.07) is 3.14. The summed E-state index contributed by atoms with van der Waals surface area (Å²) in [5.41, 5.74) is 0. The lowest BCUT2D eigenvalue weighted by atomic mass is 10.3. The highest BCUT2D eigenvalue weighted by molar-refractivity contribution is 6.30. The quantitative estimate of drug-likeness (QED) is 0.872. The minimum Gasteiger partial charge on any atom is -0.484 e. The van der Waals surface area contributed by atoms with Crippen molar-refractivity contribution < 1.29 is 18.7 Å². The molecule has 0 heterocycles. The molecule has 0 aliphatic carbocycles. The van der Waals surface area contributed by atoms with E-state index >= 15 is 0 Å². The van der Waals surface area contributed by atoms with Gasteiger partial charge in [-0.2, -0.15) is 0 Å². The van der Waals surface area contributed by atoms with Crippen molar-refractivity contribution in [1.82, 2.24) is 10.6 Å². The maximum absolute atomic E-state index is 12.9. The van der Waals surface area contributed by atoms with E-state index in [1.54, 1.807) is 0 Å². The first kappa shape index (κ1) is 15.2. The molecular weight excluding hydrogens is 275 g/mol. The highest BCUT2D eigenvalue weighted by Crippen LogP contribution is 2.20. The average Bonchev–Trinajstić information content (AvgIpc) is 2.38. The van der Waals surface area contributed by atoms with E-state index in [2.05, 4.69) is 10.6 Å². The largest absolute Gasteiger partial charge is 0.484 e. The molecule has 0 aromatic heterocycles. The monoisotopic (exact) mass is 288 g/mol. The molecule has 1 aromatic rings. The number of hydrogen-bond donors (Lipinski definition) is 2. The molecule has 0 spiro atoms. The Morgan fingerprint density at radius 3 is 2.79 bits per heavy atom. The van der Waals surface area contributed by atoms with Gasteiger partial charge < -0.3 is 10.1 Å². The van der Waals surface area contributed by atoms with Gasteiger partial charge in [-0.15, -0.1) is 0 Å². The zero-order valence-corrected chi connectivity index (χ0v) is 11.1. The summed E-state index contributed by atoms with van der Waals surface area (Å²) in [4.78, 5) is 22.5. The fourth-order valence-corrected chi connectivity index (χ4v) is 1.33. The molecule has 1 aromatic carbocycles. The van der Waals surface area contributed by atoms with Crippen molar-refractivity contribution in [2.75, 3.05) is 13.2 Å². The van der Waals surface area contributed by atoms with Crippen molar-refractivity contribution in [3.05, 3.63) is 29.0 Å². The average molecular weight is 289 g/mol. The van der Waals surface area contributed by atoms with Gasteiger partial charge in [0, 0.05) is 12.6 Å². The predicted molar refractivity (Wildman–Crippen MR) is 68.7 cm³/mol. The van der Waals surface area contributed by atoms with Crippen LogP contribution in [-0.2, 0) is 4.79 Å². The first-order valence-electron chi connectivity index (χ1n) is 5.68. The topological polar surface area (TPSA) is 67.4 Å². The second kappa shape index (κ2) is 7.58. The molecule has 0 saturated carbocycles. The number of rotatable bonds is 5. The summed E-state index contributed by atoms with van der Waals surface area (Å²) in [6.45, 7) is 2.01. The lowest BCUT2D eigenvalue weighted by Crippen LogP contribution is -2.41. The van der Waals surface area contributed by atoms with Gasteiger partial charge >= 0.3 is 6.03 Å². The Morgan fingerprint density at radius 2 is 2.16 bits per heavy atom. The van der Waals surface area contributed by atoms with Crippen LogP contribution in [0.15, 0.2) is 18.2 Å². The number of nitrogens with one attached hydrogen (secondary N) is 2. The van der Waals surface area contributed by atoms with Crippen molar-refractivity contribution in [3.8, 4) is 5.75 Å². The summed E-state index contributed by atoms with van der Waals surface area (Å²) in [6.07, 6.45) is 0.770. The van der Waals surface area contributed by atoms with Gasteiger partial charge in [-0.1, -0.05) is 18.5 Å². The fourth-order valence-electron chi connectivity index (χ4n) is 1.16. The second-order valence-corrected chi connectivity index (χ2v) is 4.08. The summed E-state index contributed by atoms with van der Waals surface area (Å²) in [5, 5.41) is 4.47. The van der Waals surface area contributed by atoms with E-state index in [9.17, 15) is 14.0 Å². The third-order valence-electron chi connectivity index (χ3n) is 2.05. The van der Waals surface area contributed by atoms with E-state index < -0.39 is 17.8 Å². The lowest BCUT2D eigenvalue weighted by Gasteiger charge is -2.07. The van der Waals surface area contributed by atoms with Crippen LogP contribution in [-0.4, -0.2) is 25.1 Å². The molecular formula is C12H14ClFN2O3. The van der Waals surface area contributed by atoms with Crippen LogP contribution in [0.1, 0.15) is 13.3 Å². The Kier molecular flexibility index (Phi) is 6.08. The Labute approximate surface area is 115 Å². The van der Waals surface area contributed by atoms with Crippen LogP contribution >= 0.6 is 11.6 Å². The SMILES string of the molecule is CCCNC(=O)NC(=O)COc1ccc(F)c(Cl)c1. The van der Waals surface area contributed by atoms with Crippen molar-refractivity contribution in [2.24, 2.45) is 0 Å². The van der Waals surface area contributed by atoms with Crippen LogP contribution in [0.5, 0.6) is 5.75 Å². The first-order chi connectivity index (χ1) is 9.02. The molecule has 7 heteroatoms. The Bertz CT molecular complexity index is 468. The number of amides is 3. The smallest absolute Gasteiger partial charge is 0.321 e. The van der Waals surface area contributed by atoms with Gasteiger partial charge in [0.25, 0.3) is 5.91 Å². The van der Waals surface area contributed by atoms with Crippen LogP contribution < -0.4 is 15.4 Å². The molecule has 19 heavy (non-hydrogen) atoms. The van der Waals surface area contributed by atoms with Gasteiger partial charge in [-0.05, 0) is 18.6 Å². The third kappa shape index (κ3) is 5.56. The Morgan fingerprint density at radius 1 is 1.42 bits per heavy atom. The van der Waals surface area contributed by atoms with Gasteiger partial charge in [0.2, 0.25) is 0 Å². The molecule has 2 N–H and O–H groups in total. The molecule has 3 amide bonds. The zero-order valence-electron chi connectivity index (χ0n) is 10.3. The number of imide groups is 1. The van der Waals surface area contributed by atoms with E-state index in [4.69, 9.17) is 16.3 Å². The van der Waals surface area contributed by atoms with Crippen LogP contribution in [0.4, 0.5) is 9.18 Å². The lowest BCUT2D eigenvalue weighted by molar-refractivity contribution is -0.122. The van der Waals surface area contributed by atoms with E-state index in [0.717, 1.165) is 12.5 Å². The predicted octanol–water partition coefficient (Wildman–Crippen LogP) is 2.09. The molecule has 0 fully saturated rings. The minimum absolute atomic E-state index is 0.0985. The Balaban J connectivity index is 2.37. The van der Waals surface area contributed by atoms with E-state index in [1.807, 2.05) is 6.92 Å². The highest BCUT2D eigenvalue weighted by Gasteiger charge is 2.08. The van der Waals surface area contributed by atoms with Gasteiger partial charge in [-0.25, -0.2) is 9.18 Å². The maximum Gasteiger partial charge on any atom is 0.321 e. The maximum atomic E-state index is 12.9. The van der Waals surface area contributed by atoms with Crippen LogP contribution in [0.3, 0.4) is 0 Å². The second-order valence-electron chi connectivity index (χ2n) is 3.67. The molecule has 104 valence electrons. The summed E-state index contributed by atoms with van der Waals surface area (Å²) in [5.74, 6) is -0.929. The molecule has 1 rings (SSSR count). The van der Waals surface area contributed by atoms with E-state index in [1.165, 1.54) is 12.1 Å². The number of halogens is 2. The van der Waals surface area contributed by atoms with Crippen molar-refractivity contribution in [3.63, 3.8) is 0 Å². The molecule has 0 unspecified atom stereocenters. The van der Waals surface area contributed by atoms with Gasteiger partial charge in [0.1, 0.15) is 11.6 Å². The third-order valence-corrected chi connectivity index (χ3v) is 2.34. The van der Waals surface area contributed by atoms with Crippen molar-refractivity contribution in [1.29, 1.82) is 0 Å². The van der Waals surface area contributed by atoms with E-state index in [-0.39, 0.29) is 17.4 Å². The van der Waals surface area contributed by atoms with Gasteiger partial charge in [0.05, 0.1) is 5.02 Å². The Hall–Kier alpha value is -1.82. The first-order valence-corrected chi connectivity index (χ1v) is 6.06. The standard InChI is InChI=1S/C12H14ClFN2O3/c1-2-5-15-12(18)16-11(17)7-19-8-3-4-10(14)9(13)6-8/h3-4,6H,2,5,7H2,1H3,(H2,15,16,17,18). The van der Waals surface area contributed by atoms with Gasteiger partial charge in [-0.3, -0.25) is 10.1 Å². The highest BCUT2D eigenvalue weighted by atomic mass is 35.5. The van der Waals surface area contributed by atoms with Crippen molar-refractivity contribution >= 4 is 23.5 Å². The van der Waals surface area contributed by atoms with Crippen LogP contribution in [0, 0.1) is 5.82 Å². The van der Waals surface area contributed by atoms with Crippen LogP contribution in [0.25, 0.3) is 0 Å². The number of benzene rings is 1. The number of urea groups is 1. The molecule has 5 nitrogen and oxygen atoms in total. The molecule has 0 aliphatic heterocycles. The normalized spacial score (nSPS) is 9.84. The summed E-state index contributed by atoms with van der Waals surface area (Å²) < 4.78 is 17.9. The number of carbonyl (C=O) groups is 2. The molecule has 0 radical (unpaired) electrons. The zero-order chi connectivity index (χ0) is 14.3. The number of carbonyl (C=O) groups excluding carboxylic acids is 2. The molecule has 0 saturated heterocycles. The number of ether oxygens (including phenoxy) is 1. The molecule has 0 atom stereocenters. The van der Waals surface area contributed by atoms with Crippen LogP contribution in [0.2, 0.25) is 5.02 Å². The van der Waals surface area contributed by atoms with Crippen molar-refractivity contribution in [2.45, 2.75) is 13.3 Å². The van der Waals surface area contributed by atoms with Gasteiger partial charge in [0.15, 0.2) is 6.61 Å². The minimum atomic E-state index is -0.603. The molecule has 0 aliphatic rings. The number of hydrogen-bond acceptors (Lipinski definition) is 3.